The highest BCUT2D eigenvalue weighted by molar-refractivity contribution is 7.14. The lowest BCUT2D eigenvalue weighted by Gasteiger charge is -2.03. The van der Waals surface area contributed by atoms with E-state index in [1.807, 2.05) is 22.9 Å². The van der Waals surface area contributed by atoms with Crippen LogP contribution in [0.5, 0.6) is 11.8 Å². The van der Waals surface area contributed by atoms with Crippen molar-refractivity contribution in [2.45, 2.75) is 0 Å². The quantitative estimate of drug-likeness (QED) is 0.456. The summed E-state index contributed by atoms with van der Waals surface area (Å²) in [6.45, 7) is 0. The van der Waals surface area contributed by atoms with E-state index in [0.717, 1.165) is 33.0 Å². The average Bonchev–Trinajstić information content (AvgIpc) is 3.39. The smallest absolute Gasteiger partial charge is 0.213 e. The summed E-state index contributed by atoms with van der Waals surface area (Å²) in [7, 11) is 3.18. The number of pyridine rings is 2. The molecule has 4 aromatic heterocycles. The van der Waals surface area contributed by atoms with E-state index in [-0.39, 0.29) is 0 Å². The fourth-order valence-corrected chi connectivity index (χ4v) is 3.74. The van der Waals surface area contributed by atoms with Crippen LogP contribution in [0, 0.1) is 0 Å². The summed E-state index contributed by atoms with van der Waals surface area (Å²) in [6, 6.07) is 7.37. The molecule has 10 heteroatoms. The Balaban J connectivity index is 1.43. The predicted octanol–water partition coefficient (Wildman–Crippen LogP) is 4.56. The molecule has 0 unspecified atom stereocenters. The fraction of sp³-hybridized carbons (Fsp3) is 0.111. The molecule has 0 bridgehead atoms. The monoisotopic (exact) mass is 412 g/mol. The molecule has 0 aliphatic rings. The molecule has 0 radical (unpaired) electrons. The second kappa shape index (κ2) is 8.19. The number of anilines is 4. The highest BCUT2D eigenvalue weighted by Crippen LogP contribution is 2.30. The van der Waals surface area contributed by atoms with Crippen molar-refractivity contribution in [3.8, 4) is 23.1 Å². The molecule has 0 amide bonds. The van der Waals surface area contributed by atoms with E-state index >= 15 is 0 Å². The van der Waals surface area contributed by atoms with Gasteiger partial charge in [-0.15, -0.1) is 22.7 Å². The number of nitrogens with one attached hydrogen (secondary N) is 2. The average molecular weight is 413 g/mol. The molecule has 0 aliphatic heterocycles. The number of thiazole rings is 2. The zero-order chi connectivity index (χ0) is 19.3. The molecule has 2 N–H and O–H groups in total. The molecule has 0 spiro atoms. The van der Waals surface area contributed by atoms with E-state index in [4.69, 9.17) is 9.47 Å². The Hall–Kier alpha value is -3.24. The second-order valence-electron chi connectivity index (χ2n) is 5.50. The number of nitrogens with zero attached hydrogens (tertiary/aromatic N) is 4. The first-order valence-electron chi connectivity index (χ1n) is 8.19. The van der Waals surface area contributed by atoms with Crippen LogP contribution in [0.25, 0.3) is 11.4 Å². The van der Waals surface area contributed by atoms with Crippen LogP contribution >= 0.6 is 22.7 Å². The van der Waals surface area contributed by atoms with Gasteiger partial charge in [-0.1, -0.05) is 0 Å². The predicted molar refractivity (Wildman–Crippen MR) is 111 cm³/mol. The van der Waals surface area contributed by atoms with E-state index in [2.05, 4.69) is 30.6 Å². The number of aromatic nitrogens is 4. The molecular formula is C18H16N6O2S2. The third-order valence-electron chi connectivity index (χ3n) is 3.66. The first-order chi connectivity index (χ1) is 13.7. The fourth-order valence-electron chi connectivity index (χ4n) is 2.29. The zero-order valence-electron chi connectivity index (χ0n) is 15.0. The van der Waals surface area contributed by atoms with Crippen LogP contribution in [0.2, 0.25) is 0 Å². The molecule has 0 saturated carbocycles. The molecule has 0 saturated heterocycles. The summed E-state index contributed by atoms with van der Waals surface area (Å²) in [6.07, 6.45) is 3.40. The minimum atomic E-state index is 0.569. The molecule has 0 fully saturated rings. The summed E-state index contributed by atoms with van der Waals surface area (Å²) < 4.78 is 10.1. The maximum absolute atomic E-state index is 5.06. The van der Waals surface area contributed by atoms with E-state index in [1.54, 1.807) is 38.7 Å². The van der Waals surface area contributed by atoms with E-state index in [1.165, 1.54) is 22.7 Å². The van der Waals surface area contributed by atoms with E-state index in [0.29, 0.717) is 11.8 Å². The van der Waals surface area contributed by atoms with Gasteiger partial charge in [0, 0.05) is 22.9 Å². The number of methoxy groups -OCH3 is 2. The number of ether oxygens (including phenoxy) is 2. The van der Waals surface area contributed by atoms with Gasteiger partial charge in [0.2, 0.25) is 11.8 Å². The summed E-state index contributed by atoms with van der Waals surface area (Å²) in [4.78, 5) is 17.5. The van der Waals surface area contributed by atoms with Gasteiger partial charge in [0.1, 0.15) is 11.4 Å². The molecule has 4 rings (SSSR count). The van der Waals surface area contributed by atoms with Crippen molar-refractivity contribution < 1.29 is 9.47 Å². The van der Waals surface area contributed by atoms with Gasteiger partial charge in [-0.25, -0.2) is 19.9 Å². The first kappa shape index (κ1) is 18.1. The highest BCUT2D eigenvalue weighted by atomic mass is 32.1. The lowest BCUT2D eigenvalue weighted by Crippen LogP contribution is -1.93. The highest BCUT2D eigenvalue weighted by Gasteiger charge is 2.10. The molecule has 0 aliphatic carbocycles. The van der Waals surface area contributed by atoms with Crippen LogP contribution in [0.3, 0.4) is 0 Å². The van der Waals surface area contributed by atoms with Crippen molar-refractivity contribution in [2.75, 3.05) is 24.9 Å². The van der Waals surface area contributed by atoms with Crippen molar-refractivity contribution in [3.05, 3.63) is 47.4 Å². The zero-order valence-corrected chi connectivity index (χ0v) is 16.7. The largest absolute Gasteiger partial charge is 0.481 e. The third kappa shape index (κ3) is 4.18. The Morgan fingerprint density at radius 2 is 1.18 bits per heavy atom. The van der Waals surface area contributed by atoms with Gasteiger partial charge in [-0.05, 0) is 12.1 Å². The Morgan fingerprint density at radius 3 is 1.54 bits per heavy atom. The third-order valence-corrected chi connectivity index (χ3v) is 5.18. The van der Waals surface area contributed by atoms with Gasteiger partial charge in [0.15, 0.2) is 10.3 Å². The minimum absolute atomic E-state index is 0.569. The van der Waals surface area contributed by atoms with Crippen molar-refractivity contribution in [3.63, 3.8) is 0 Å². The lowest BCUT2D eigenvalue weighted by atomic mass is 10.4. The number of hydrogen-bond donors (Lipinski definition) is 2. The normalized spacial score (nSPS) is 10.5. The molecule has 8 nitrogen and oxygen atoms in total. The summed E-state index contributed by atoms with van der Waals surface area (Å²) in [5.74, 6) is 1.14. The first-order valence-corrected chi connectivity index (χ1v) is 9.95. The maximum atomic E-state index is 5.06. The molecular weight excluding hydrogens is 396 g/mol. The second-order valence-corrected chi connectivity index (χ2v) is 7.22. The van der Waals surface area contributed by atoms with Crippen molar-refractivity contribution in [1.29, 1.82) is 0 Å². The van der Waals surface area contributed by atoms with Crippen LogP contribution in [-0.2, 0) is 0 Å². The van der Waals surface area contributed by atoms with Gasteiger partial charge < -0.3 is 20.1 Å². The Morgan fingerprint density at radius 1 is 0.714 bits per heavy atom. The maximum Gasteiger partial charge on any atom is 0.213 e. The van der Waals surface area contributed by atoms with Gasteiger partial charge in [0.05, 0.1) is 38.0 Å². The number of hydrogen-bond acceptors (Lipinski definition) is 10. The Bertz CT molecular complexity index is 961. The molecule has 142 valence electrons. The van der Waals surface area contributed by atoms with Crippen molar-refractivity contribution >= 4 is 44.3 Å². The van der Waals surface area contributed by atoms with Crippen LogP contribution in [0.1, 0.15) is 0 Å². The molecule has 4 heterocycles. The lowest BCUT2D eigenvalue weighted by molar-refractivity contribution is 0.398. The summed E-state index contributed by atoms with van der Waals surface area (Å²) in [5, 5.41) is 11.9. The Kier molecular flexibility index (Phi) is 5.31. The Labute approximate surface area is 169 Å². The summed E-state index contributed by atoms with van der Waals surface area (Å²) >= 11 is 3.01. The van der Waals surface area contributed by atoms with Gasteiger partial charge in [-0.3, -0.25) is 0 Å². The van der Waals surface area contributed by atoms with Crippen LogP contribution in [0.4, 0.5) is 21.6 Å². The number of rotatable bonds is 7. The van der Waals surface area contributed by atoms with Gasteiger partial charge >= 0.3 is 0 Å². The summed E-state index contributed by atoms with van der Waals surface area (Å²) in [5.41, 5.74) is 3.31. The van der Waals surface area contributed by atoms with E-state index in [9.17, 15) is 0 Å². The van der Waals surface area contributed by atoms with Crippen LogP contribution in [0.15, 0.2) is 47.4 Å². The van der Waals surface area contributed by atoms with Crippen molar-refractivity contribution in [1.82, 2.24) is 19.9 Å². The van der Waals surface area contributed by atoms with Gasteiger partial charge in [-0.2, -0.15) is 0 Å². The molecule has 0 atom stereocenters. The van der Waals surface area contributed by atoms with Crippen LogP contribution in [-0.4, -0.2) is 34.2 Å². The molecule has 4 aromatic rings. The topological polar surface area (TPSA) is 94.1 Å². The van der Waals surface area contributed by atoms with Crippen LogP contribution < -0.4 is 20.1 Å². The molecule has 28 heavy (non-hydrogen) atoms. The SMILES string of the molecule is COc1ccc(Nc2nc(-c3csc(Nc4ccc(OC)nc4)n3)cs2)cn1. The minimum Gasteiger partial charge on any atom is -0.481 e. The van der Waals surface area contributed by atoms with E-state index < -0.39 is 0 Å². The standard InChI is InChI=1S/C18H16N6O2S2/c1-25-15-5-3-11(7-19-15)21-17-23-13(9-27-17)14-10-28-18(24-14)22-12-4-6-16(26-2)20-8-12/h3-10H,1-2H3,(H,21,23)(H,22,24). The molecule has 0 aromatic carbocycles. The van der Waals surface area contributed by atoms with Gasteiger partial charge in [0.25, 0.3) is 0 Å². The van der Waals surface area contributed by atoms with Crippen molar-refractivity contribution in [2.24, 2.45) is 0 Å².